The van der Waals surface area contributed by atoms with Crippen molar-refractivity contribution in [1.82, 2.24) is 4.98 Å². The predicted molar refractivity (Wildman–Crippen MR) is 61.5 cm³/mol. The van der Waals surface area contributed by atoms with Crippen LogP contribution in [0.1, 0.15) is 17.0 Å². The van der Waals surface area contributed by atoms with Gasteiger partial charge in [0, 0.05) is 11.8 Å². The summed E-state index contributed by atoms with van der Waals surface area (Å²) in [7, 11) is 0. The molecule has 0 spiro atoms. The molecule has 0 saturated carbocycles. The Bertz CT molecular complexity index is 456. The summed E-state index contributed by atoms with van der Waals surface area (Å²) in [5.41, 5.74) is 7.66. The van der Waals surface area contributed by atoms with Crippen LogP contribution < -0.4 is 10.5 Å². The summed E-state index contributed by atoms with van der Waals surface area (Å²) in [5, 5.41) is 11.8. The molecule has 6 nitrogen and oxygen atoms in total. The van der Waals surface area contributed by atoms with Crippen LogP contribution in [0.15, 0.2) is 11.2 Å². The van der Waals surface area contributed by atoms with Gasteiger partial charge in [-0.2, -0.15) is 0 Å². The lowest BCUT2D eigenvalue weighted by atomic mass is 10.1. The highest BCUT2D eigenvalue weighted by Crippen LogP contribution is 2.24. The second-order valence-corrected chi connectivity index (χ2v) is 3.98. The fourth-order valence-corrected chi connectivity index (χ4v) is 1.71. The van der Waals surface area contributed by atoms with E-state index in [0.29, 0.717) is 30.2 Å². The van der Waals surface area contributed by atoms with E-state index in [1.54, 1.807) is 13.0 Å². The first-order chi connectivity index (χ1) is 8.11. The molecule has 0 aromatic carbocycles. The monoisotopic (exact) mass is 237 g/mol. The number of aromatic nitrogens is 1. The first kappa shape index (κ1) is 11.7. The molecular formula is C11H15N3O3. The Kier molecular flexibility index (Phi) is 3.14. The second-order valence-electron chi connectivity index (χ2n) is 3.98. The van der Waals surface area contributed by atoms with Crippen LogP contribution in [0.25, 0.3) is 0 Å². The van der Waals surface area contributed by atoms with Gasteiger partial charge in [-0.1, -0.05) is 5.16 Å². The van der Waals surface area contributed by atoms with E-state index in [9.17, 15) is 0 Å². The summed E-state index contributed by atoms with van der Waals surface area (Å²) in [6, 6.07) is 1.78. The highest BCUT2D eigenvalue weighted by Gasteiger charge is 2.23. The van der Waals surface area contributed by atoms with Crippen LogP contribution >= 0.6 is 0 Å². The Morgan fingerprint density at radius 1 is 1.59 bits per heavy atom. The average molecular weight is 237 g/mol. The van der Waals surface area contributed by atoms with Crippen molar-refractivity contribution in [2.75, 3.05) is 13.2 Å². The van der Waals surface area contributed by atoms with Gasteiger partial charge in [0.1, 0.15) is 11.9 Å². The molecule has 0 radical (unpaired) electrons. The van der Waals surface area contributed by atoms with Gasteiger partial charge in [-0.05, 0) is 13.8 Å². The first-order valence-electron chi connectivity index (χ1n) is 5.32. The summed E-state index contributed by atoms with van der Waals surface area (Å²) in [6.07, 6.45) is 0.0291. The van der Waals surface area contributed by atoms with E-state index < -0.39 is 0 Å². The number of amidine groups is 1. The lowest BCUT2D eigenvalue weighted by Crippen LogP contribution is -2.39. The maximum atomic E-state index is 8.77. The standard InChI is InChI=1S/C11H15N3O3/c1-6-3-9(17-8-4-16-5-8)10(7(2)13-6)11(12)14-15/h3,8,15H,4-5H2,1-2H3,(H2,12,14). The summed E-state index contributed by atoms with van der Waals surface area (Å²) < 4.78 is 10.8. The fraction of sp³-hybridized carbons (Fsp3) is 0.455. The van der Waals surface area contributed by atoms with Gasteiger partial charge in [-0.25, -0.2) is 0 Å². The van der Waals surface area contributed by atoms with E-state index in [-0.39, 0.29) is 11.9 Å². The minimum atomic E-state index is 0.00485. The number of pyridine rings is 1. The van der Waals surface area contributed by atoms with Crippen molar-refractivity contribution in [2.45, 2.75) is 20.0 Å². The highest BCUT2D eigenvalue weighted by molar-refractivity contribution is 6.00. The van der Waals surface area contributed by atoms with Gasteiger partial charge in [0.05, 0.1) is 24.5 Å². The van der Waals surface area contributed by atoms with E-state index in [2.05, 4.69) is 10.1 Å². The molecule has 1 aromatic heterocycles. The molecule has 1 aliphatic heterocycles. The number of ether oxygens (including phenoxy) is 2. The van der Waals surface area contributed by atoms with Gasteiger partial charge < -0.3 is 20.4 Å². The summed E-state index contributed by atoms with van der Waals surface area (Å²) in [5.74, 6) is 0.587. The molecule has 1 aliphatic rings. The number of rotatable bonds is 3. The smallest absolute Gasteiger partial charge is 0.175 e. The molecule has 2 heterocycles. The summed E-state index contributed by atoms with van der Waals surface area (Å²) in [6.45, 7) is 4.80. The van der Waals surface area contributed by atoms with Crippen molar-refractivity contribution in [3.05, 3.63) is 23.0 Å². The van der Waals surface area contributed by atoms with E-state index >= 15 is 0 Å². The highest BCUT2D eigenvalue weighted by atomic mass is 16.6. The molecule has 0 atom stereocenters. The van der Waals surface area contributed by atoms with Crippen LogP contribution in [0.3, 0.4) is 0 Å². The molecule has 0 aliphatic carbocycles. The van der Waals surface area contributed by atoms with Gasteiger partial charge in [0.2, 0.25) is 0 Å². The van der Waals surface area contributed by atoms with Gasteiger partial charge in [-0.3, -0.25) is 4.98 Å². The lowest BCUT2D eigenvalue weighted by Gasteiger charge is -2.28. The molecule has 17 heavy (non-hydrogen) atoms. The van der Waals surface area contributed by atoms with Crippen molar-refractivity contribution in [2.24, 2.45) is 10.9 Å². The number of nitrogens with two attached hydrogens (primary N) is 1. The minimum absolute atomic E-state index is 0.00485. The number of hydrogen-bond donors (Lipinski definition) is 2. The van der Waals surface area contributed by atoms with Gasteiger partial charge in [0.25, 0.3) is 0 Å². The van der Waals surface area contributed by atoms with E-state index in [1.165, 1.54) is 0 Å². The Balaban J connectivity index is 2.39. The third-order valence-electron chi connectivity index (χ3n) is 2.56. The zero-order valence-electron chi connectivity index (χ0n) is 9.80. The molecule has 6 heteroatoms. The largest absolute Gasteiger partial charge is 0.485 e. The number of oxime groups is 1. The minimum Gasteiger partial charge on any atom is -0.485 e. The summed E-state index contributed by atoms with van der Waals surface area (Å²) >= 11 is 0. The average Bonchev–Trinajstić information content (AvgIpc) is 2.22. The maximum Gasteiger partial charge on any atom is 0.175 e. The van der Waals surface area contributed by atoms with Gasteiger partial charge in [-0.15, -0.1) is 0 Å². The van der Waals surface area contributed by atoms with Crippen molar-refractivity contribution in [1.29, 1.82) is 0 Å². The molecule has 1 aromatic rings. The second kappa shape index (κ2) is 4.58. The summed E-state index contributed by atoms with van der Waals surface area (Å²) in [4.78, 5) is 4.27. The SMILES string of the molecule is Cc1cc(OC2COC2)c(/C(N)=N/O)c(C)n1. The molecule has 2 rings (SSSR count). The molecule has 0 unspecified atom stereocenters. The van der Waals surface area contributed by atoms with Crippen molar-refractivity contribution >= 4 is 5.84 Å². The number of nitrogens with zero attached hydrogens (tertiary/aromatic N) is 2. The Hall–Kier alpha value is -1.82. The number of aryl methyl sites for hydroxylation is 2. The Morgan fingerprint density at radius 3 is 2.82 bits per heavy atom. The van der Waals surface area contributed by atoms with E-state index in [0.717, 1.165) is 5.69 Å². The van der Waals surface area contributed by atoms with E-state index in [4.69, 9.17) is 20.4 Å². The van der Waals surface area contributed by atoms with E-state index in [1.807, 2.05) is 6.92 Å². The van der Waals surface area contributed by atoms with Gasteiger partial charge >= 0.3 is 0 Å². The quantitative estimate of drug-likeness (QED) is 0.347. The maximum absolute atomic E-state index is 8.77. The topological polar surface area (TPSA) is 90.0 Å². The van der Waals surface area contributed by atoms with Crippen molar-refractivity contribution in [3.63, 3.8) is 0 Å². The van der Waals surface area contributed by atoms with Gasteiger partial charge in [0.15, 0.2) is 5.84 Å². The normalized spacial score (nSPS) is 16.7. The van der Waals surface area contributed by atoms with Crippen molar-refractivity contribution in [3.8, 4) is 5.75 Å². The molecule has 1 saturated heterocycles. The van der Waals surface area contributed by atoms with Crippen LogP contribution in [0.4, 0.5) is 0 Å². The lowest BCUT2D eigenvalue weighted by molar-refractivity contribution is -0.0798. The number of hydrogen-bond acceptors (Lipinski definition) is 5. The molecule has 92 valence electrons. The predicted octanol–water partition coefficient (Wildman–Crippen LogP) is 0.571. The molecule has 0 bridgehead atoms. The first-order valence-corrected chi connectivity index (χ1v) is 5.32. The van der Waals surface area contributed by atoms with Crippen molar-refractivity contribution < 1.29 is 14.7 Å². The van der Waals surface area contributed by atoms with Crippen LogP contribution in [0.5, 0.6) is 5.75 Å². The molecular weight excluding hydrogens is 222 g/mol. The van der Waals surface area contributed by atoms with Crippen LogP contribution in [0.2, 0.25) is 0 Å². The third kappa shape index (κ3) is 2.31. The molecule has 0 amide bonds. The Labute approximate surface area is 99.0 Å². The molecule has 1 fully saturated rings. The third-order valence-corrected chi connectivity index (χ3v) is 2.56. The van der Waals surface area contributed by atoms with Crippen LogP contribution in [0, 0.1) is 13.8 Å². The van der Waals surface area contributed by atoms with Crippen LogP contribution in [-0.2, 0) is 4.74 Å². The zero-order chi connectivity index (χ0) is 12.4. The van der Waals surface area contributed by atoms with Crippen LogP contribution in [-0.4, -0.2) is 35.3 Å². The zero-order valence-corrected chi connectivity index (χ0v) is 9.80. The Morgan fingerprint density at radius 2 is 2.29 bits per heavy atom. The fourth-order valence-electron chi connectivity index (χ4n) is 1.71. The molecule has 3 N–H and O–H groups in total.